The highest BCUT2D eigenvalue weighted by Crippen LogP contribution is 2.32. The van der Waals surface area contributed by atoms with Crippen LogP contribution in [-0.2, 0) is 20.9 Å². The molecule has 0 aliphatic carbocycles. The lowest BCUT2D eigenvalue weighted by molar-refractivity contribution is -0.159. The Labute approximate surface area is 163 Å². The molecule has 1 fully saturated rings. The van der Waals surface area contributed by atoms with E-state index in [9.17, 15) is 9.59 Å². The van der Waals surface area contributed by atoms with Crippen LogP contribution in [0.3, 0.4) is 0 Å². The average molecular weight is 382 g/mol. The molecule has 28 heavy (non-hydrogen) atoms. The molecule has 1 N–H and O–H groups in total. The second kappa shape index (κ2) is 8.31. The minimum Gasteiger partial charge on any atom is -0.486 e. The number of carbonyl (C=O) groups is 2. The third kappa shape index (κ3) is 4.26. The third-order valence-corrected chi connectivity index (χ3v) is 4.77. The van der Waals surface area contributed by atoms with Crippen LogP contribution in [0, 0.1) is 0 Å². The minimum atomic E-state index is -0.605. The summed E-state index contributed by atoms with van der Waals surface area (Å²) in [6, 6.07) is 14.5. The maximum atomic E-state index is 12.6. The number of ether oxygens (including phenoxy) is 3. The molecule has 2 aromatic carbocycles. The van der Waals surface area contributed by atoms with Crippen molar-refractivity contribution in [2.24, 2.45) is 0 Å². The highest BCUT2D eigenvalue weighted by atomic mass is 16.6. The topological polar surface area (TPSA) is 77.1 Å². The fraction of sp³-hybridized carbons (Fsp3) is 0.333. The number of nitrogens with one attached hydrogen (secondary N) is 1. The van der Waals surface area contributed by atoms with Crippen LogP contribution < -0.4 is 14.8 Å². The number of carbonyl (C=O) groups excluding carboxylic acids is 2. The van der Waals surface area contributed by atoms with E-state index in [2.05, 4.69) is 5.32 Å². The van der Waals surface area contributed by atoms with Gasteiger partial charge in [-0.15, -0.1) is 0 Å². The van der Waals surface area contributed by atoms with Crippen LogP contribution in [0.2, 0.25) is 0 Å². The minimum absolute atomic E-state index is 0.0279. The van der Waals surface area contributed by atoms with Gasteiger partial charge < -0.3 is 19.5 Å². The first-order valence-electron chi connectivity index (χ1n) is 9.33. The van der Waals surface area contributed by atoms with Gasteiger partial charge in [-0.3, -0.25) is 14.5 Å². The van der Waals surface area contributed by atoms with Gasteiger partial charge in [0.15, 0.2) is 11.5 Å². The molecule has 1 amide bonds. The third-order valence-electron chi connectivity index (χ3n) is 4.77. The molecule has 4 rings (SSSR count). The number of morpholine rings is 1. The number of fused-ring (bicyclic) bond motifs is 1. The fourth-order valence-corrected chi connectivity index (χ4v) is 3.39. The summed E-state index contributed by atoms with van der Waals surface area (Å²) >= 11 is 0. The van der Waals surface area contributed by atoms with Crippen molar-refractivity contribution in [1.29, 1.82) is 0 Å². The summed E-state index contributed by atoms with van der Waals surface area (Å²) in [6.45, 7) is 2.53. The first-order valence-corrected chi connectivity index (χ1v) is 9.33. The smallest absolute Gasteiger partial charge is 0.323 e. The van der Waals surface area contributed by atoms with Crippen molar-refractivity contribution < 1.29 is 23.8 Å². The van der Waals surface area contributed by atoms with E-state index in [1.165, 1.54) is 0 Å². The van der Waals surface area contributed by atoms with E-state index in [1.807, 2.05) is 35.2 Å². The van der Waals surface area contributed by atoms with Crippen LogP contribution >= 0.6 is 0 Å². The van der Waals surface area contributed by atoms with Crippen molar-refractivity contribution in [2.75, 3.05) is 31.7 Å². The number of benzene rings is 2. The van der Waals surface area contributed by atoms with Crippen molar-refractivity contribution in [3.8, 4) is 11.5 Å². The van der Waals surface area contributed by atoms with E-state index in [0.717, 1.165) is 5.56 Å². The second-order valence-electron chi connectivity index (χ2n) is 6.75. The largest absolute Gasteiger partial charge is 0.486 e. The predicted octanol–water partition coefficient (Wildman–Crippen LogP) is 2.21. The molecule has 0 spiro atoms. The monoisotopic (exact) mass is 382 g/mol. The zero-order valence-electron chi connectivity index (χ0n) is 15.4. The Morgan fingerprint density at radius 1 is 1.00 bits per heavy atom. The first kappa shape index (κ1) is 18.3. The maximum absolute atomic E-state index is 12.6. The predicted molar refractivity (Wildman–Crippen MR) is 102 cm³/mol. The van der Waals surface area contributed by atoms with Gasteiger partial charge >= 0.3 is 5.97 Å². The molecule has 7 nitrogen and oxygen atoms in total. The van der Waals surface area contributed by atoms with Crippen molar-refractivity contribution >= 4 is 17.6 Å². The molecule has 1 saturated heterocycles. The highest BCUT2D eigenvalue weighted by molar-refractivity contribution is 5.94. The van der Waals surface area contributed by atoms with Crippen LogP contribution in [0.1, 0.15) is 12.0 Å². The van der Waals surface area contributed by atoms with Gasteiger partial charge in [0.1, 0.15) is 25.9 Å². The van der Waals surface area contributed by atoms with E-state index in [4.69, 9.17) is 14.2 Å². The van der Waals surface area contributed by atoms with Gasteiger partial charge in [-0.2, -0.15) is 0 Å². The van der Waals surface area contributed by atoms with E-state index >= 15 is 0 Å². The summed E-state index contributed by atoms with van der Waals surface area (Å²) in [4.78, 5) is 26.9. The molecule has 2 aromatic rings. The quantitative estimate of drug-likeness (QED) is 0.799. The van der Waals surface area contributed by atoms with Crippen molar-refractivity contribution in [2.45, 2.75) is 19.0 Å². The molecular formula is C21H22N2O5. The maximum Gasteiger partial charge on any atom is 0.323 e. The lowest BCUT2D eigenvalue weighted by atomic mass is 10.1. The van der Waals surface area contributed by atoms with Gasteiger partial charge in [-0.25, -0.2) is 0 Å². The number of cyclic esters (lactones) is 1. The molecule has 0 aromatic heterocycles. The molecule has 2 aliphatic rings. The van der Waals surface area contributed by atoms with Crippen LogP contribution in [0.5, 0.6) is 11.5 Å². The molecule has 2 heterocycles. The number of hydrogen-bond donors (Lipinski definition) is 1. The van der Waals surface area contributed by atoms with Gasteiger partial charge in [0.25, 0.3) is 0 Å². The number of anilines is 1. The van der Waals surface area contributed by atoms with E-state index in [1.54, 1.807) is 18.2 Å². The summed E-state index contributed by atoms with van der Waals surface area (Å²) in [5.41, 5.74) is 1.70. The molecule has 2 aliphatic heterocycles. The SMILES string of the molecule is O=C(CC1C(=O)OCCN1Cc1ccccc1)Nc1ccc2c(c1)OCCO2. The zero-order chi connectivity index (χ0) is 19.3. The molecule has 0 radical (unpaired) electrons. The van der Waals surface area contributed by atoms with Crippen molar-refractivity contribution in [3.63, 3.8) is 0 Å². The van der Waals surface area contributed by atoms with Gasteiger partial charge in [0.2, 0.25) is 5.91 Å². The summed E-state index contributed by atoms with van der Waals surface area (Å²) in [5, 5.41) is 2.84. The highest BCUT2D eigenvalue weighted by Gasteiger charge is 2.33. The van der Waals surface area contributed by atoms with Gasteiger partial charge in [-0.1, -0.05) is 30.3 Å². The van der Waals surface area contributed by atoms with E-state index < -0.39 is 6.04 Å². The summed E-state index contributed by atoms with van der Waals surface area (Å²) in [7, 11) is 0. The van der Waals surface area contributed by atoms with Crippen molar-refractivity contribution in [1.82, 2.24) is 4.90 Å². The molecule has 7 heteroatoms. The van der Waals surface area contributed by atoms with Crippen LogP contribution in [-0.4, -0.2) is 49.2 Å². The molecular weight excluding hydrogens is 360 g/mol. The Hall–Kier alpha value is -3.06. The van der Waals surface area contributed by atoms with E-state index in [-0.39, 0.29) is 18.3 Å². The Morgan fingerprint density at radius 2 is 1.79 bits per heavy atom. The van der Waals surface area contributed by atoms with Gasteiger partial charge in [0.05, 0.1) is 6.42 Å². The van der Waals surface area contributed by atoms with Crippen molar-refractivity contribution in [3.05, 3.63) is 54.1 Å². The average Bonchev–Trinajstić information content (AvgIpc) is 2.71. The lowest BCUT2D eigenvalue weighted by Crippen LogP contribution is -2.49. The fourth-order valence-electron chi connectivity index (χ4n) is 3.39. The number of nitrogens with zero attached hydrogens (tertiary/aromatic N) is 1. The number of hydrogen-bond acceptors (Lipinski definition) is 6. The molecule has 146 valence electrons. The number of esters is 1. The van der Waals surface area contributed by atoms with Crippen LogP contribution in [0.15, 0.2) is 48.5 Å². The van der Waals surface area contributed by atoms with Crippen LogP contribution in [0.4, 0.5) is 5.69 Å². The first-order chi connectivity index (χ1) is 13.7. The normalized spacial score (nSPS) is 19.0. The molecule has 1 unspecified atom stereocenters. The second-order valence-corrected chi connectivity index (χ2v) is 6.75. The number of rotatable bonds is 5. The van der Waals surface area contributed by atoms with Gasteiger partial charge in [0, 0.05) is 24.8 Å². The number of amides is 1. The van der Waals surface area contributed by atoms with Gasteiger partial charge in [-0.05, 0) is 17.7 Å². The zero-order valence-corrected chi connectivity index (χ0v) is 15.4. The Kier molecular flexibility index (Phi) is 5.43. The standard InChI is InChI=1S/C21H22N2O5/c24-20(22-16-6-7-18-19(12-16)27-11-10-26-18)13-17-21(25)28-9-8-23(17)14-15-4-2-1-3-5-15/h1-7,12,17H,8-11,13-14H2,(H,22,24). The Balaban J connectivity index is 1.41. The summed E-state index contributed by atoms with van der Waals surface area (Å²) < 4.78 is 16.2. The summed E-state index contributed by atoms with van der Waals surface area (Å²) in [6.07, 6.45) is 0.0279. The van der Waals surface area contributed by atoms with E-state index in [0.29, 0.717) is 50.1 Å². The lowest BCUT2D eigenvalue weighted by Gasteiger charge is -2.33. The van der Waals surface area contributed by atoms with Crippen LogP contribution in [0.25, 0.3) is 0 Å². The Bertz CT molecular complexity index is 855. The molecule has 1 atom stereocenters. The molecule has 0 saturated carbocycles. The molecule has 0 bridgehead atoms. The summed E-state index contributed by atoms with van der Waals surface area (Å²) in [5.74, 6) is 0.652. The Morgan fingerprint density at radius 3 is 2.61 bits per heavy atom.